The largest absolute Gasteiger partial charge is 0.494 e. The Labute approximate surface area is 197 Å². The van der Waals surface area contributed by atoms with Crippen molar-refractivity contribution in [2.75, 3.05) is 0 Å². The Bertz CT molecular complexity index is 1390. The van der Waals surface area contributed by atoms with Gasteiger partial charge in [0, 0.05) is 23.4 Å². The van der Waals surface area contributed by atoms with Crippen LogP contribution in [0.1, 0.15) is 49.4 Å². The Morgan fingerprint density at radius 1 is 1.06 bits per heavy atom. The van der Waals surface area contributed by atoms with Crippen molar-refractivity contribution in [2.45, 2.75) is 45.4 Å². The third kappa shape index (κ3) is 4.88. The van der Waals surface area contributed by atoms with Gasteiger partial charge >= 0.3 is 0 Å². The first kappa shape index (κ1) is 23.3. The molecular weight excluding hydrogens is 433 g/mol. The number of nitrogens with zero attached hydrogens (tertiary/aromatic N) is 2. The lowest BCUT2D eigenvalue weighted by Crippen LogP contribution is -2.11. The molecule has 0 saturated carbocycles. The minimum absolute atomic E-state index is 0.0411. The molecule has 0 fully saturated rings. The van der Waals surface area contributed by atoms with Gasteiger partial charge in [0.05, 0.1) is 16.8 Å². The second-order valence-corrected chi connectivity index (χ2v) is 8.37. The molecule has 6 nitrogen and oxygen atoms in total. The molecule has 2 heterocycles. The number of aromatic hydroxyl groups is 2. The molecule has 0 bridgehead atoms. The summed E-state index contributed by atoms with van der Waals surface area (Å²) in [5, 5.41) is 29.1. The topological polar surface area (TPSA) is 91.1 Å². The van der Waals surface area contributed by atoms with Gasteiger partial charge in [0.25, 0.3) is 5.56 Å². The van der Waals surface area contributed by atoms with Crippen LogP contribution in [0.15, 0.2) is 65.5 Å². The number of H-pyrrole nitrogens is 1. The van der Waals surface area contributed by atoms with Gasteiger partial charge in [-0.1, -0.05) is 56.2 Å². The van der Waals surface area contributed by atoms with Gasteiger partial charge in [0.2, 0.25) is 5.88 Å². The highest BCUT2D eigenvalue weighted by molar-refractivity contribution is 5.83. The van der Waals surface area contributed by atoms with Crippen LogP contribution in [0.3, 0.4) is 0 Å². The predicted octanol–water partition coefficient (Wildman–Crippen LogP) is 5.53. The number of hydrogen-bond donors (Lipinski definition) is 3. The Morgan fingerprint density at radius 2 is 1.85 bits per heavy atom. The smallest absolute Gasteiger partial charge is 0.272 e. The summed E-state index contributed by atoms with van der Waals surface area (Å²) in [5.74, 6) is -1.01. The zero-order valence-corrected chi connectivity index (χ0v) is 19.1. The first-order chi connectivity index (χ1) is 16.5. The van der Waals surface area contributed by atoms with E-state index in [0.717, 1.165) is 29.2 Å². The molecule has 34 heavy (non-hydrogen) atoms. The normalized spacial score (nSPS) is 11.6. The number of rotatable bonds is 9. The average molecular weight is 462 g/mol. The minimum Gasteiger partial charge on any atom is -0.494 e. The Balaban J connectivity index is 1.62. The molecule has 0 saturated heterocycles. The molecular formula is C27H28FN3O3. The van der Waals surface area contributed by atoms with E-state index in [-0.39, 0.29) is 23.0 Å². The summed E-state index contributed by atoms with van der Waals surface area (Å²) in [7, 11) is 0. The summed E-state index contributed by atoms with van der Waals surface area (Å²) in [5.41, 5.74) is 1.64. The standard InChI is InChI=1S/C27H28FN3O3/c1-2-3-4-5-6-7-10-19-17-25(32)31(27(19)34)24-16-18(13-14-22(24)28)15-23-20-11-8-9-12-21(20)26(33)30-29-23/h6-9,11-14,16-17,32,34H,2-5,10,15H2,1H3,(H,30,33). The van der Waals surface area contributed by atoms with Gasteiger partial charge in [-0.3, -0.25) is 4.79 Å². The number of hydrogen-bond acceptors (Lipinski definition) is 4. The van der Waals surface area contributed by atoms with Crippen molar-refractivity contribution in [3.8, 4) is 17.4 Å². The minimum atomic E-state index is -0.578. The van der Waals surface area contributed by atoms with Gasteiger partial charge in [0.1, 0.15) is 5.82 Å². The molecule has 4 rings (SSSR count). The fourth-order valence-electron chi connectivity index (χ4n) is 4.10. The fourth-order valence-corrected chi connectivity index (χ4v) is 4.10. The molecule has 0 amide bonds. The third-order valence-electron chi connectivity index (χ3n) is 5.91. The summed E-state index contributed by atoms with van der Waals surface area (Å²) in [6.07, 6.45) is 9.19. The van der Waals surface area contributed by atoms with Crippen molar-refractivity contribution in [1.29, 1.82) is 0 Å². The highest BCUT2D eigenvalue weighted by Gasteiger charge is 2.18. The molecule has 2 aromatic carbocycles. The summed E-state index contributed by atoms with van der Waals surface area (Å²) >= 11 is 0. The first-order valence-corrected chi connectivity index (χ1v) is 11.5. The Kier molecular flexibility index (Phi) is 7.11. The molecule has 3 N–H and O–H groups in total. The molecule has 2 aromatic heterocycles. The maximum Gasteiger partial charge on any atom is 0.272 e. The maximum atomic E-state index is 14.8. The van der Waals surface area contributed by atoms with Crippen molar-refractivity contribution in [2.24, 2.45) is 0 Å². The lowest BCUT2D eigenvalue weighted by atomic mass is 10.0. The number of unbranched alkanes of at least 4 members (excludes halogenated alkanes) is 3. The lowest BCUT2D eigenvalue weighted by Gasteiger charge is -2.11. The second-order valence-electron chi connectivity index (χ2n) is 8.37. The van der Waals surface area contributed by atoms with Gasteiger partial charge < -0.3 is 10.2 Å². The Morgan fingerprint density at radius 3 is 2.65 bits per heavy atom. The van der Waals surface area contributed by atoms with E-state index in [2.05, 4.69) is 23.2 Å². The van der Waals surface area contributed by atoms with Crippen molar-refractivity contribution in [1.82, 2.24) is 14.8 Å². The number of nitrogens with one attached hydrogen (secondary N) is 1. The molecule has 176 valence electrons. The maximum absolute atomic E-state index is 14.8. The monoisotopic (exact) mass is 461 g/mol. The van der Waals surface area contributed by atoms with Crippen LogP contribution in [0.5, 0.6) is 11.8 Å². The predicted molar refractivity (Wildman–Crippen MR) is 131 cm³/mol. The van der Waals surface area contributed by atoms with E-state index in [4.69, 9.17) is 0 Å². The van der Waals surface area contributed by atoms with Crippen molar-refractivity contribution >= 4 is 10.8 Å². The van der Waals surface area contributed by atoms with Gasteiger partial charge in [-0.15, -0.1) is 0 Å². The fraction of sp³-hybridized carbons (Fsp3) is 0.259. The van der Waals surface area contributed by atoms with Gasteiger partial charge in [-0.25, -0.2) is 14.1 Å². The molecule has 0 atom stereocenters. The number of aromatic nitrogens is 3. The van der Waals surface area contributed by atoms with E-state index in [1.54, 1.807) is 24.3 Å². The SMILES string of the molecule is CCCCCC=CCc1cc(O)n(-c2cc(Cc3n[nH]c(=O)c4ccccc34)ccc2F)c1O. The van der Waals surface area contributed by atoms with Crippen LogP contribution in [0.2, 0.25) is 0 Å². The van der Waals surface area contributed by atoms with Crippen LogP contribution in [0.4, 0.5) is 4.39 Å². The average Bonchev–Trinajstić information content (AvgIpc) is 3.12. The summed E-state index contributed by atoms with van der Waals surface area (Å²) in [4.78, 5) is 12.1. The lowest BCUT2D eigenvalue weighted by molar-refractivity contribution is 0.397. The van der Waals surface area contributed by atoms with Crippen LogP contribution in [-0.2, 0) is 12.8 Å². The van der Waals surface area contributed by atoms with E-state index in [9.17, 15) is 19.4 Å². The van der Waals surface area contributed by atoms with Crippen LogP contribution < -0.4 is 5.56 Å². The molecule has 0 spiro atoms. The number of allylic oxidation sites excluding steroid dienone is 2. The number of benzene rings is 2. The van der Waals surface area contributed by atoms with Gasteiger partial charge in [-0.2, -0.15) is 5.10 Å². The molecule has 0 aliphatic heterocycles. The third-order valence-corrected chi connectivity index (χ3v) is 5.91. The zero-order chi connectivity index (χ0) is 24.1. The molecule has 0 aliphatic carbocycles. The number of fused-ring (bicyclic) bond motifs is 1. The number of halogens is 1. The zero-order valence-electron chi connectivity index (χ0n) is 19.1. The molecule has 0 radical (unpaired) electrons. The summed E-state index contributed by atoms with van der Waals surface area (Å²) in [6, 6.07) is 13.1. The Hall–Kier alpha value is -3.87. The van der Waals surface area contributed by atoms with E-state index in [0.29, 0.717) is 35.0 Å². The van der Waals surface area contributed by atoms with Crippen molar-refractivity contribution in [3.63, 3.8) is 0 Å². The van der Waals surface area contributed by atoms with Gasteiger partial charge in [-0.05, 0) is 43.0 Å². The van der Waals surface area contributed by atoms with Crippen LogP contribution in [-0.4, -0.2) is 25.0 Å². The van der Waals surface area contributed by atoms with Crippen molar-refractivity contribution < 1.29 is 14.6 Å². The summed E-state index contributed by atoms with van der Waals surface area (Å²) < 4.78 is 15.9. The van der Waals surface area contributed by atoms with E-state index in [1.807, 2.05) is 18.2 Å². The number of aromatic amines is 1. The highest BCUT2D eigenvalue weighted by atomic mass is 19.1. The van der Waals surface area contributed by atoms with Crippen LogP contribution in [0, 0.1) is 5.82 Å². The van der Waals surface area contributed by atoms with Crippen LogP contribution >= 0.6 is 0 Å². The van der Waals surface area contributed by atoms with E-state index < -0.39 is 5.82 Å². The quantitative estimate of drug-likeness (QED) is 0.226. The summed E-state index contributed by atoms with van der Waals surface area (Å²) in [6.45, 7) is 2.15. The molecule has 7 heteroatoms. The second kappa shape index (κ2) is 10.4. The van der Waals surface area contributed by atoms with Crippen molar-refractivity contribution in [3.05, 3.63) is 93.7 Å². The first-order valence-electron chi connectivity index (χ1n) is 11.5. The van der Waals surface area contributed by atoms with E-state index in [1.165, 1.54) is 18.6 Å². The van der Waals surface area contributed by atoms with Crippen LogP contribution in [0.25, 0.3) is 16.5 Å². The molecule has 4 aromatic rings. The molecule has 0 unspecified atom stereocenters. The van der Waals surface area contributed by atoms with Gasteiger partial charge in [0.15, 0.2) is 5.88 Å². The van der Waals surface area contributed by atoms with E-state index >= 15 is 0 Å². The highest BCUT2D eigenvalue weighted by Crippen LogP contribution is 2.34. The molecule has 0 aliphatic rings.